The average molecular weight is 541 g/mol. The summed E-state index contributed by atoms with van der Waals surface area (Å²) in [4.78, 5) is 21.5. The predicted molar refractivity (Wildman–Crippen MR) is 138 cm³/mol. The number of carbonyl (C=O) groups is 1. The zero-order valence-corrected chi connectivity index (χ0v) is 21.1. The van der Waals surface area contributed by atoms with E-state index in [1.54, 1.807) is 42.7 Å². The van der Waals surface area contributed by atoms with Crippen LogP contribution in [0.4, 0.5) is 24.7 Å². The minimum Gasteiger partial charge on any atom is -0.362 e. The lowest BCUT2D eigenvalue weighted by atomic mass is 10.1. The van der Waals surface area contributed by atoms with Gasteiger partial charge in [-0.05, 0) is 55.0 Å². The highest BCUT2D eigenvalue weighted by Gasteiger charge is 2.30. The van der Waals surface area contributed by atoms with Gasteiger partial charge in [0.2, 0.25) is 0 Å². The average Bonchev–Trinajstić information content (AvgIpc) is 2.88. The molecule has 0 fully saturated rings. The number of hydrogen-bond acceptors (Lipinski definition) is 6. The number of hydrogen-bond donors (Lipinski definition) is 2. The second kappa shape index (κ2) is 10.6. The van der Waals surface area contributed by atoms with E-state index < -0.39 is 27.5 Å². The number of nitrogens with one attached hydrogen (secondary N) is 2. The van der Waals surface area contributed by atoms with Crippen LogP contribution in [0, 0.1) is 0 Å². The summed E-state index contributed by atoms with van der Waals surface area (Å²) in [6.07, 6.45) is -0.296. The molecule has 1 aromatic heterocycles. The van der Waals surface area contributed by atoms with Gasteiger partial charge < -0.3 is 10.6 Å². The van der Waals surface area contributed by atoms with Crippen molar-refractivity contribution < 1.29 is 26.4 Å². The molecule has 0 unspecified atom stereocenters. The monoisotopic (exact) mass is 540 g/mol. The van der Waals surface area contributed by atoms with Crippen molar-refractivity contribution in [2.24, 2.45) is 0 Å². The Hall–Kier alpha value is -4.25. The SMILES string of the molecule is C[C@H](Nc1cncc(-c2ccc(S(C)(=O)=O)cc2)n1)c1cccc(NC(=O)c2cccc(C(F)(F)F)c2)c1. The summed E-state index contributed by atoms with van der Waals surface area (Å²) in [6.45, 7) is 1.88. The second-order valence-electron chi connectivity index (χ2n) is 8.61. The number of aromatic nitrogens is 2. The van der Waals surface area contributed by atoms with Crippen molar-refractivity contribution in [3.8, 4) is 11.3 Å². The van der Waals surface area contributed by atoms with Crippen LogP contribution in [0.25, 0.3) is 11.3 Å². The number of amides is 1. The number of anilines is 2. The van der Waals surface area contributed by atoms with E-state index in [0.29, 0.717) is 22.8 Å². The highest BCUT2D eigenvalue weighted by atomic mass is 32.2. The van der Waals surface area contributed by atoms with Gasteiger partial charge in [-0.2, -0.15) is 13.2 Å². The van der Waals surface area contributed by atoms with Crippen LogP contribution in [0.3, 0.4) is 0 Å². The molecule has 4 rings (SSSR count). The molecule has 0 spiro atoms. The van der Waals surface area contributed by atoms with Gasteiger partial charge in [-0.25, -0.2) is 13.4 Å². The summed E-state index contributed by atoms with van der Waals surface area (Å²) in [6, 6.07) is 17.2. The molecular weight excluding hydrogens is 517 g/mol. The first-order chi connectivity index (χ1) is 17.9. The fourth-order valence-electron chi connectivity index (χ4n) is 3.68. The van der Waals surface area contributed by atoms with E-state index in [1.165, 1.54) is 24.3 Å². The highest BCUT2D eigenvalue weighted by Crippen LogP contribution is 2.30. The molecule has 0 saturated carbocycles. The summed E-state index contributed by atoms with van der Waals surface area (Å²) >= 11 is 0. The first-order valence-electron chi connectivity index (χ1n) is 11.4. The van der Waals surface area contributed by atoms with Crippen LogP contribution in [-0.4, -0.2) is 30.5 Å². The summed E-state index contributed by atoms with van der Waals surface area (Å²) in [7, 11) is -3.31. The molecule has 1 atom stereocenters. The third-order valence-electron chi connectivity index (χ3n) is 5.67. The Balaban J connectivity index is 1.47. The molecule has 3 aromatic carbocycles. The quantitative estimate of drug-likeness (QED) is 0.299. The smallest absolute Gasteiger partial charge is 0.362 e. The maximum absolute atomic E-state index is 13.0. The van der Waals surface area contributed by atoms with Crippen molar-refractivity contribution >= 4 is 27.2 Å². The molecule has 0 aliphatic carbocycles. The number of sulfone groups is 1. The van der Waals surface area contributed by atoms with Gasteiger partial charge in [-0.3, -0.25) is 9.78 Å². The van der Waals surface area contributed by atoms with Crippen molar-refractivity contribution in [2.45, 2.75) is 24.0 Å². The minimum absolute atomic E-state index is 0.104. The van der Waals surface area contributed by atoms with Gasteiger partial charge in [-0.15, -0.1) is 0 Å². The summed E-state index contributed by atoms with van der Waals surface area (Å²) in [5, 5.41) is 5.87. The molecular formula is C27H23F3N4O3S. The number of benzene rings is 3. The summed E-state index contributed by atoms with van der Waals surface area (Å²) < 4.78 is 62.4. The molecule has 0 aliphatic heterocycles. The van der Waals surface area contributed by atoms with Crippen LogP contribution < -0.4 is 10.6 Å². The standard InChI is InChI=1S/C27H23F3N4O3S/c1-17(32-25-16-31-15-24(34-25)18-9-11-23(12-10-18)38(2,36)37)19-5-4-8-22(14-19)33-26(35)20-6-3-7-21(13-20)27(28,29)30/h3-17H,1-2H3,(H,32,34)(H,33,35)/t17-/m0/s1. The van der Waals surface area contributed by atoms with Crippen LogP contribution >= 0.6 is 0 Å². The maximum Gasteiger partial charge on any atom is 0.416 e. The zero-order chi connectivity index (χ0) is 27.5. The second-order valence-corrected chi connectivity index (χ2v) is 10.6. The van der Waals surface area contributed by atoms with E-state index in [-0.39, 0.29) is 16.5 Å². The molecule has 0 radical (unpaired) electrons. The van der Waals surface area contributed by atoms with Gasteiger partial charge in [0, 0.05) is 23.1 Å². The minimum atomic E-state index is -4.54. The topological polar surface area (TPSA) is 101 Å². The van der Waals surface area contributed by atoms with E-state index in [0.717, 1.165) is 24.0 Å². The largest absolute Gasteiger partial charge is 0.416 e. The molecule has 2 N–H and O–H groups in total. The summed E-state index contributed by atoms with van der Waals surface area (Å²) in [5.74, 6) is -0.185. The van der Waals surface area contributed by atoms with Gasteiger partial charge in [0.25, 0.3) is 5.91 Å². The number of nitrogens with zero attached hydrogens (tertiary/aromatic N) is 2. The Bertz CT molecular complexity index is 1570. The lowest BCUT2D eigenvalue weighted by Gasteiger charge is -2.17. The lowest BCUT2D eigenvalue weighted by molar-refractivity contribution is -0.137. The zero-order valence-electron chi connectivity index (χ0n) is 20.3. The van der Waals surface area contributed by atoms with Gasteiger partial charge in [0.15, 0.2) is 9.84 Å². The molecule has 1 heterocycles. The van der Waals surface area contributed by atoms with Gasteiger partial charge >= 0.3 is 6.18 Å². The van der Waals surface area contributed by atoms with E-state index in [1.807, 2.05) is 13.0 Å². The predicted octanol–water partition coefficient (Wildman–Crippen LogP) is 5.99. The Morgan fingerprint density at radius 2 is 1.66 bits per heavy atom. The van der Waals surface area contributed by atoms with Gasteiger partial charge in [0.1, 0.15) is 5.82 Å². The molecule has 196 valence electrons. The van der Waals surface area contributed by atoms with E-state index in [4.69, 9.17) is 0 Å². The van der Waals surface area contributed by atoms with Crippen LogP contribution in [0.1, 0.15) is 34.5 Å². The first-order valence-corrected chi connectivity index (χ1v) is 13.3. The van der Waals surface area contributed by atoms with E-state index in [9.17, 15) is 26.4 Å². The number of alkyl halides is 3. The fourth-order valence-corrected chi connectivity index (χ4v) is 4.31. The number of halogens is 3. The Labute approximate surface area is 217 Å². The molecule has 7 nitrogen and oxygen atoms in total. The van der Waals surface area contributed by atoms with Crippen molar-refractivity contribution in [3.05, 3.63) is 102 Å². The normalized spacial score (nSPS) is 12.6. The van der Waals surface area contributed by atoms with E-state index >= 15 is 0 Å². The third kappa shape index (κ3) is 6.54. The fraction of sp³-hybridized carbons (Fsp3) is 0.148. The summed E-state index contributed by atoms with van der Waals surface area (Å²) in [5.41, 5.74) is 1.45. The van der Waals surface area contributed by atoms with Crippen LogP contribution in [0.2, 0.25) is 0 Å². The molecule has 0 bridgehead atoms. The lowest BCUT2D eigenvalue weighted by Crippen LogP contribution is -2.14. The molecule has 11 heteroatoms. The van der Waals surface area contributed by atoms with Crippen molar-refractivity contribution in [1.29, 1.82) is 0 Å². The molecule has 0 saturated heterocycles. The van der Waals surface area contributed by atoms with E-state index in [2.05, 4.69) is 20.6 Å². The Kier molecular flexibility index (Phi) is 7.49. The van der Waals surface area contributed by atoms with Crippen molar-refractivity contribution in [2.75, 3.05) is 16.9 Å². The molecule has 0 aliphatic rings. The molecule has 1 amide bonds. The molecule has 38 heavy (non-hydrogen) atoms. The van der Waals surface area contributed by atoms with Crippen LogP contribution in [0.5, 0.6) is 0 Å². The van der Waals surface area contributed by atoms with Crippen LogP contribution in [0.15, 0.2) is 90.1 Å². The number of carbonyl (C=O) groups excluding carboxylic acids is 1. The van der Waals surface area contributed by atoms with Crippen molar-refractivity contribution in [1.82, 2.24) is 9.97 Å². The van der Waals surface area contributed by atoms with Gasteiger partial charge in [-0.1, -0.05) is 30.3 Å². The van der Waals surface area contributed by atoms with Crippen molar-refractivity contribution in [3.63, 3.8) is 0 Å². The first kappa shape index (κ1) is 26.8. The van der Waals surface area contributed by atoms with Gasteiger partial charge in [0.05, 0.1) is 34.6 Å². The highest BCUT2D eigenvalue weighted by molar-refractivity contribution is 7.90. The Morgan fingerprint density at radius 1 is 0.947 bits per heavy atom. The molecule has 4 aromatic rings. The van der Waals surface area contributed by atoms with Crippen LogP contribution in [-0.2, 0) is 16.0 Å². The maximum atomic E-state index is 13.0. The number of rotatable bonds is 7. The Morgan fingerprint density at radius 3 is 2.34 bits per heavy atom. The third-order valence-corrected chi connectivity index (χ3v) is 6.80.